The van der Waals surface area contributed by atoms with Crippen molar-refractivity contribution < 1.29 is 13.9 Å². The number of benzene rings is 1. The SMILES string of the molecule is Oc1ccc2c(c1)CC(F)(F)CCN2. The summed E-state index contributed by atoms with van der Waals surface area (Å²) in [4.78, 5) is 0. The van der Waals surface area contributed by atoms with E-state index in [1.165, 1.54) is 12.1 Å². The van der Waals surface area contributed by atoms with Crippen LogP contribution in [0.2, 0.25) is 0 Å². The molecular weight excluding hydrogens is 188 g/mol. The number of nitrogens with one attached hydrogen (secondary N) is 1. The van der Waals surface area contributed by atoms with E-state index in [2.05, 4.69) is 5.32 Å². The molecule has 2 nitrogen and oxygen atoms in total. The highest BCUT2D eigenvalue weighted by Gasteiger charge is 2.32. The van der Waals surface area contributed by atoms with Crippen molar-refractivity contribution in [3.63, 3.8) is 0 Å². The van der Waals surface area contributed by atoms with Gasteiger partial charge in [0, 0.05) is 25.1 Å². The van der Waals surface area contributed by atoms with E-state index in [1.54, 1.807) is 6.07 Å². The molecule has 1 aliphatic rings. The minimum absolute atomic E-state index is 0.0308. The molecule has 0 saturated carbocycles. The molecule has 4 heteroatoms. The van der Waals surface area contributed by atoms with E-state index in [1.807, 2.05) is 0 Å². The Morgan fingerprint density at radius 3 is 2.93 bits per heavy atom. The Kier molecular flexibility index (Phi) is 2.06. The van der Waals surface area contributed by atoms with Crippen LogP contribution in [0.25, 0.3) is 0 Å². The molecule has 0 bridgehead atoms. The molecule has 0 radical (unpaired) electrons. The van der Waals surface area contributed by atoms with Crippen molar-refractivity contribution in [2.24, 2.45) is 0 Å². The number of phenols is 1. The minimum Gasteiger partial charge on any atom is -0.508 e. The lowest BCUT2D eigenvalue weighted by molar-refractivity contribution is -0.00196. The summed E-state index contributed by atoms with van der Waals surface area (Å²) in [6.07, 6.45) is -0.466. The maximum atomic E-state index is 13.2. The summed E-state index contributed by atoms with van der Waals surface area (Å²) >= 11 is 0. The molecule has 0 amide bonds. The van der Waals surface area contributed by atoms with E-state index in [-0.39, 0.29) is 25.1 Å². The Morgan fingerprint density at radius 2 is 2.14 bits per heavy atom. The predicted octanol–water partition coefficient (Wildman–Crippen LogP) is 2.39. The first-order valence-corrected chi connectivity index (χ1v) is 4.50. The smallest absolute Gasteiger partial charge is 0.253 e. The molecule has 0 saturated heterocycles. The monoisotopic (exact) mass is 199 g/mol. The molecule has 0 spiro atoms. The van der Waals surface area contributed by atoms with E-state index in [0.29, 0.717) is 11.3 Å². The highest BCUT2D eigenvalue weighted by Crippen LogP contribution is 2.32. The first-order valence-electron chi connectivity index (χ1n) is 4.50. The van der Waals surface area contributed by atoms with Gasteiger partial charge >= 0.3 is 0 Å². The van der Waals surface area contributed by atoms with E-state index >= 15 is 0 Å². The summed E-state index contributed by atoms with van der Waals surface area (Å²) < 4.78 is 26.3. The van der Waals surface area contributed by atoms with Gasteiger partial charge in [0.05, 0.1) is 0 Å². The summed E-state index contributed by atoms with van der Waals surface area (Å²) in [6, 6.07) is 4.52. The number of phenolic OH excluding ortho intramolecular Hbond substituents is 1. The second-order valence-corrected chi connectivity index (χ2v) is 3.55. The fraction of sp³-hybridized carbons (Fsp3) is 0.400. The number of aromatic hydroxyl groups is 1. The van der Waals surface area contributed by atoms with Crippen LogP contribution in [0.15, 0.2) is 18.2 Å². The van der Waals surface area contributed by atoms with E-state index in [4.69, 9.17) is 0 Å². The average Bonchev–Trinajstić information content (AvgIpc) is 2.21. The van der Waals surface area contributed by atoms with E-state index in [0.717, 1.165) is 0 Å². The van der Waals surface area contributed by atoms with Crippen LogP contribution < -0.4 is 5.32 Å². The van der Waals surface area contributed by atoms with Gasteiger partial charge in [0.2, 0.25) is 0 Å². The third kappa shape index (κ3) is 1.78. The van der Waals surface area contributed by atoms with Crippen molar-refractivity contribution in [3.05, 3.63) is 23.8 Å². The molecule has 0 fully saturated rings. The lowest BCUT2D eigenvalue weighted by atomic mass is 10.0. The van der Waals surface area contributed by atoms with Crippen molar-refractivity contribution in [1.82, 2.24) is 0 Å². The van der Waals surface area contributed by atoms with Crippen LogP contribution >= 0.6 is 0 Å². The van der Waals surface area contributed by atoms with Gasteiger partial charge in [-0.25, -0.2) is 8.78 Å². The van der Waals surface area contributed by atoms with Gasteiger partial charge in [-0.05, 0) is 23.8 Å². The Labute approximate surface area is 80.6 Å². The molecule has 0 aromatic heterocycles. The molecule has 2 rings (SSSR count). The number of rotatable bonds is 0. The number of anilines is 1. The van der Waals surface area contributed by atoms with Crippen LogP contribution in [0, 0.1) is 0 Å². The summed E-state index contributed by atoms with van der Waals surface area (Å²) in [7, 11) is 0. The standard InChI is InChI=1S/C10H11F2NO/c11-10(12)3-4-13-9-2-1-8(14)5-7(9)6-10/h1-2,5,13-14H,3-4,6H2. The quantitative estimate of drug-likeness (QED) is 0.629. The summed E-state index contributed by atoms with van der Waals surface area (Å²) in [5.41, 5.74) is 1.17. The zero-order valence-electron chi connectivity index (χ0n) is 7.56. The maximum Gasteiger partial charge on any atom is 0.253 e. The fourth-order valence-electron chi connectivity index (χ4n) is 1.65. The van der Waals surface area contributed by atoms with Gasteiger partial charge in [-0.3, -0.25) is 0 Å². The highest BCUT2D eigenvalue weighted by atomic mass is 19.3. The van der Waals surface area contributed by atoms with Crippen LogP contribution in [0.1, 0.15) is 12.0 Å². The van der Waals surface area contributed by atoms with Gasteiger partial charge in [-0.2, -0.15) is 0 Å². The lowest BCUT2D eigenvalue weighted by Crippen LogP contribution is -2.19. The zero-order chi connectivity index (χ0) is 10.2. The summed E-state index contributed by atoms with van der Waals surface area (Å²) in [5, 5.41) is 12.1. The van der Waals surface area contributed by atoms with Crippen LogP contribution in [-0.2, 0) is 6.42 Å². The molecule has 0 aliphatic carbocycles. The lowest BCUT2D eigenvalue weighted by Gasteiger charge is -2.12. The van der Waals surface area contributed by atoms with Gasteiger partial charge in [0.25, 0.3) is 5.92 Å². The summed E-state index contributed by atoms with van der Waals surface area (Å²) in [5.74, 6) is -2.64. The van der Waals surface area contributed by atoms with Crippen molar-refractivity contribution in [2.75, 3.05) is 11.9 Å². The van der Waals surface area contributed by atoms with E-state index < -0.39 is 5.92 Å². The van der Waals surface area contributed by atoms with E-state index in [9.17, 15) is 13.9 Å². The molecule has 2 N–H and O–H groups in total. The number of hydrogen-bond donors (Lipinski definition) is 2. The third-order valence-corrected chi connectivity index (χ3v) is 2.34. The molecular formula is C10H11F2NO. The molecule has 0 unspecified atom stereocenters. The first-order chi connectivity index (χ1) is 6.57. The summed E-state index contributed by atoms with van der Waals surface area (Å²) in [6.45, 7) is 0.269. The highest BCUT2D eigenvalue weighted by molar-refractivity contribution is 5.55. The third-order valence-electron chi connectivity index (χ3n) is 2.34. The fourth-order valence-corrected chi connectivity index (χ4v) is 1.65. The minimum atomic E-state index is -2.67. The Morgan fingerprint density at radius 1 is 1.36 bits per heavy atom. The number of fused-ring (bicyclic) bond motifs is 1. The first kappa shape index (κ1) is 9.24. The second kappa shape index (κ2) is 3.12. The zero-order valence-corrected chi connectivity index (χ0v) is 7.56. The Hall–Kier alpha value is -1.32. The Bertz CT molecular complexity index is 352. The molecule has 14 heavy (non-hydrogen) atoms. The normalized spacial score (nSPS) is 19.3. The molecule has 0 atom stereocenters. The molecule has 1 aromatic carbocycles. The average molecular weight is 199 g/mol. The Balaban J connectivity index is 2.38. The maximum absolute atomic E-state index is 13.2. The molecule has 1 aliphatic heterocycles. The van der Waals surface area contributed by atoms with Crippen molar-refractivity contribution in [1.29, 1.82) is 0 Å². The largest absolute Gasteiger partial charge is 0.508 e. The number of hydrogen-bond acceptors (Lipinski definition) is 2. The van der Waals surface area contributed by atoms with Gasteiger partial charge in [0.15, 0.2) is 0 Å². The van der Waals surface area contributed by atoms with Crippen LogP contribution in [-0.4, -0.2) is 17.6 Å². The molecule has 1 heterocycles. The van der Waals surface area contributed by atoms with Gasteiger partial charge in [-0.1, -0.05) is 0 Å². The molecule has 1 aromatic rings. The number of alkyl halides is 2. The van der Waals surface area contributed by atoms with Crippen LogP contribution in [0.4, 0.5) is 14.5 Å². The van der Waals surface area contributed by atoms with Crippen LogP contribution in [0.5, 0.6) is 5.75 Å². The number of halogens is 2. The van der Waals surface area contributed by atoms with Gasteiger partial charge < -0.3 is 10.4 Å². The van der Waals surface area contributed by atoms with Crippen molar-refractivity contribution >= 4 is 5.69 Å². The van der Waals surface area contributed by atoms with Crippen molar-refractivity contribution in [3.8, 4) is 5.75 Å². The predicted molar refractivity (Wildman–Crippen MR) is 49.9 cm³/mol. The topological polar surface area (TPSA) is 32.3 Å². The van der Waals surface area contributed by atoms with Gasteiger partial charge in [0.1, 0.15) is 5.75 Å². The molecule has 76 valence electrons. The van der Waals surface area contributed by atoms with Crippen LogP contribution in [0.3, 0.4) is 0 Å². The van der Waals surface area contributed by atoms with Gasteiger partial charge in [-0.15, -0.1) is 0 Å². The second-order valence-electron chi connectivity index (χ2n) is 3.55. The van der Waals surface area contributed by atoms with Crippen molar-refractivity contribution in [2.45, 2.75) is 18.8 Å².